The third-order valence-electron chi connectivity index (χ3n) is 1.40. The Labute approximate surface area is 69.8 Å². The lowest BCUT2D eigenvalue weighted by molar-refractivity contribution is 0.302. The van der Waals surface area contributed by atoms with Gasteiger partial charge < -0.3 is 5.21 Å². The molecule has 0 bridgehead atoms. The molecule has 0 heterocycles. The first-order valence-electron chi connectivity index (χ1n) is 3.18. The van der Waals surface area contributed by atoms with Gasteiger partial charge in [0.2, 0.25) is 0 Å². The van der Waals surface area contributed by atoms with E-state index in [1.54, 1.807) is 24.3 Å². The van der Waals surface area contributed by atoms with E-state index in [1.165, 1.54) is 0 Å². The highest BCUT2D eigenvalue weighted by atomic mass is 35.5. The van der Waals surface area contributed by atoms with Gasteiger partial charge in [-0.3, -0.25) is 0 Å². The molecule has 1 N–H and O–H groups in total. The predicted molar refractivity (Wildman–Crippen MR) is 43.5 cm³/mol. The molecule has 3 heteroatoms. The first-order valence-corrected chi connectivity index (χ1v) is 3.56. The summed E-state index contributed by atoms with van der Waals surface area (Å²) in [7, 11) is 0. The lowest BCUT2D eigenvalue weighted by atomic mass is 10.3. The molecule has 0 radical (unpaired) electrons. The molecule has 0 saturated heterocycles. The Kier molecular flexibility index (Phi) is 2.49. The van der Waals surface area contributed by atoms with Gasteiger partial charge in [-0.15, -0.1) is 0 Å². The molecule has 0 unspecified atom stereocenters. The Bertz CT molecular complexity index is 294. The smallest absolute Gasteiger partial charge is 0.102 e. The number of aryl methyl sites for hydroxylation is 1. The zero-order chi connectivity index (χ0) is 8.27. The SMILES string of the molecule is Cc1cc/c(=N/O)ccc1Cl. The van der Waals surface area contributed by atoms with Crippen molar-refractivity contribution < 1.29 is 5.21 Å². The van der Waals surface area contributed by atoms with Gasteiger partial charge in [-0.1, -0.05) is 22.8 Å². The van der Waals surface area contributed by atoms with E-state index >= 15 is 0 Å². The number of nitrogens with zero attached hydrogens (tertiary/aromatic N) is 1. The molecule has 0 fully saturated rings. The van der Waals surface area contributed by atoms with Gasteiger partial charge >= 0.3 is 0 Å². The van der Waals surface area contributed by atoms with Crippen molar-refractivity contribution in [2.45, 2.75) is 6.92 Å². The van der Waals surface area contributed by atoms with Gasteiger partial charge in [0.1, 0.15) is 5.36 Å². The second-order valence-corrected chi connectivity index (χ2v) is 2.63. The highest BCUT2D eigenvalue weighted by molar-refractivity contribution is 6.31. The van der Waals surface area contributed by atoms with Gasteiger partial charge in [0, 0.05) is 5.02 Å². The summed E-state index contributed by atoms with van der Waals surface area (Å²) in [5.41, 5.74) is 0.960. The molecule has 2 nitrogen and oxygen atoms in total. The van der Waals surface area contributed by atoms with Crippen LogP contribution >= 0.6 is 11.6 Å². The minimum atomic E-state index is 0.500. The van der Waals surface area contributed by atoms with Crippen LogP contribution < -0.4 is 5.36 Å². The van der Waals surface area contributed by atoms with Crippen molar-refractivity contribution in [3.63, 3.8) is 0 Å². The van der Waals surface area contributed by atoms with E-state index in [4.69, 9.17) is 16.8 Å². The normalized spacial score (nSPS) is 11.6. The van der Waals surface area contributed by atoms with Gasteiger partial charge in [-0.25, -0.2) is 0 Å². The van der Waals surface area contributed by atoms with Crippen LogP contribution in [0.3, 0.4) is 0 Å². The number of rotatable bonds is 0. The van der Waals surface area contributed by atoms with Crippen molar-refractivity contribution in [2.24, 2.45) is 5.16 Å². The second-order valence-electron chi connectivity index (χ2n) is 2.22. The molecule has 1 rings (SSSR count). The summed E-state index contributed by atoms with van der Waals surface area (Å²) in [5.74, 6) is 0. The lowest BCUT2D eigenvalue weighted by Gasteiger charge is -1.84. The molecule has 11 heavy (non-hydrogen) atoms. The fourth-order valence-electron chi connectivity index (χ4n) is 0.702. The van der Waals surface area contributed by atoms with Crippen molar-refractivity contribution >= 4 is 11.6 Å². The summed E-state index contributed by atoms with van der Waals surface area (Å²) in [5, 5.41) is 12.6. The van der Waals surface area contributed by atoms with Crippen LogP contribution in [0.15, 0.2) is 29.4 Å². The fraction of sp³-hybridized carbons (Fsp3) is 0.125. The monoisotopic (exact) mass is 169 g/mol. The molecule has 0 aromatic heterocycles. The highest BCUT2D eigenvalue weighted by Crippen LogP contribution is 2.09. The maximum atomic E-state index is 8.41. The highest BCUT2D eigenvalue weighted by Gasteiger charge is 1.88. The molecule has 0 aliphatic rings. The van der Waals surface area contributed by atoms with Crippen molar-refractivity contribution in [2.75, 3.05) is 0 Å². The third kappa shape index (κ3) is 1.95. The molecular weight excluding hydrogens is 162 g/mol. The molecule has 0 amide bonds. The van der Waals surface area contributed by atoms with Crippen molar-refractivity contribution in [1.82, 2.24) is 0 Å². The van der Waals surface area contributed by atoms with Crippen LogP contribution in [-0.4, -0.2) is 5.21 Å². The quantitative estimate of drug-likeness (QED) is 0.467. The van der Waals surface area contributed by atoms with Gasteiger partial charge in [0.25, 0.3) is 0 Å². The number of hydrogen-bond acceptors (Lipinski definition) is 2. The summed E-state index contributed by atoms with van der Waals surface area (Å²) in [4.78, 5) is 0. The molecule has 0 aliphatic carbocycles. The Morgan fingerprint density at radius 2 is 1.91 bits per heavy atom. The topological polar surface area (TPSA) is 32.6 Å². The Morgan fingerprint density at radius 3 is 2.55 bits per heavy atom. The second kappa shape index (κ2) is 3.39. The van der Waals surface area contributed by atoms with Crippen LogP contribution in [0, 0.1) is 6.92 Å². The Hall–Kier alpha value is -1.02. The maximum Gasteiger partial charge on any atom is 0.102 e. The van der Waals surface area contributed by atoms with Crippen LogP contribution in [0.5, 0.6) is 0 Å². The lowest BCUT2D eigenvalue weighted by Crippen LogP contribution is -1.93. The van der Waals surface area contributed by atoms with Crippen LogP contribution in [0.1, 0.15) is 5.56 Å². The van der Waals surface area contributed by atoms with Crippen LogP contribution in [0.2, 0.25) is 5.02 Å². The summed E-state index contributed by atoms with van der Waals surface area (Å²) in [6.07, 6.45) is 0. The molecule has 0 spiro atoms. The first kappa shape index (κ1) is 8.08. The van der Waals surface area contributed by atoms with Crippen LogP contribution in [0.4, 0.5) is 0 Å². The molecule has 0 aliphatic heterocycles. The first-order chi connectivity index (χ1) is 5.24. The van der Waals surface area contributed by atoms with Gasteiger partial charge in [-0.2, -0.15) is 0 Å². The Morgan fingerprint density at radius 1 is 1.27 bits per heavy atom. The Balaban J connectivity index is 3.40. The van der Waals surface area contributed by atoms with Crippen LogP contribution in [0.25, 0.3) is 0 Å². The fourth-order valence-corrected chi connectivity index (χ4v) is 0.828. The van der Waals surface area contributed by atoms with E-state index in [9.17, 15) is 0 Å². The number of halogens is 1. The minimum absolute atomic E-state index is 0.500. The maximum absolute atomic E-state index is 8.41. The van der Waals surface area contributed by atoms with Gasteiger partial charge in [0.15, 0.2) is 0 Å². The van der Waals surface area contributed by atoms with Gasteiger partial charge in [0.05, 0.1) is 0 Å². The molecule has 1 aromatic carbocycles. The average Bonchev–Trinajstić information content (AvgIpc) is 2.16. The molecule has 58 valence electrons. The van der Waals surface area contributed by atoms with E-state index in [0.29, 0.717) is 10.4 Å². The third-order valence-corrected chi connectivity index (χ3v) is 1.82. The van der Waals surface area contributed by atoms with Crippen molar-refractivity contribution in [3.05, 3.63) is 40.2 Å². The van der Waals surface area contributed by atoms with E-state index in [2.05, 4.69) is 5.16 Å². The van der Waals surface area contributed by atoms with Crippen LogP contribution in [-0.2, 0) is 0 Å². The predicted octanol–water partition coefficient (Wildman–Crippen LogP) is 1.94. The average molecular weight is 170 g/mol. The molecule has 0 atom stereocenters. The summed E-state index contributed by atoms with van der Waals surface area (Å²) < 4.78 is 0. The van der Waals surface area contributed by atoms with Crippen molar-refractivity contribution in [1.29, 1.82) is 0 Å². The zero-order valence-corrected chi connectivity index (χ0v) is 6.84. The summed E-state index contributed by atoms with van der Waals surface area (Å²) in [6, 6.07) is 6.85. The van der Waals surface area contributed by atoms with E-state index in [1.807, 2.05) is 6.92 Å². The zero-order valence-electron chi connectivity index (χ0n) is 6.08. The molecular formula is C8H8ClNO. The van der Waals surface area contributed by atoms with E-state index in [0.717, 1.165) is 5.56 Å². The molecule has 0 saturated carbocycles. The van der Waals surface area contributed by atoms with Gasteiger partial charge in [-0.05, 0) is 30.7 Å². The van der Waals surface area contributed by atoms with E-state index in [-0.39, 0.29) is 0 Å². The molecule has 1 aromatic rings. The minimum Gasteiger partial charge on any atom is -0.410 e. The summed E-state index contributed by atoms with van der Waals surface area (Å²) >= 11 is 5.80. The van der Waals surface area contributed by atoms with Crippen molar-refractivity contribution in [3.8, 4) is 0 Å². The van der Waals surface area contributed by atoms with E-state index < -0.39 is 0 Å². The number of hydrogen-bond donors (Lipinski definition) is 1. The largest absolute Gasteiger partial charge is 0.410 e. The summed E-state index contributed by atoms with van der Waals surface area (Å²) in [6.45, 7) is 1.89. The standard InChI is InChI=1S/C8H8ClNO/c1-6-2-3-7(10-11)4-5-8(6)9/h2-5,11H,1H3/b10-7-.